The third-order valence-electron chi connectivity index (χ3n) is 3.93. The van der Waals surface area contributed by atoms with Crippen molar-refractivity contribution >= 4 is 27.2 Å². The Balaban J connectivity index is 1.95. The molecule has 0 bridgehead atoms. The number of nitrogens with one attached hydrogen (secondary N) is 1. The van der Waals surface area contributed by atoms with Crippen LogP contribution < -0.4 is 14.2 Å². The zero-order chi connectivity index (χ0) is 20.3. The lowest BCUT2D eigenvalue weighted by molar-refractivity contribution is 0.0528. The molecule has 0 amide bonds. The summed E-state index contributed by atoms with van der Waals surface area (Å²) in [7, 11) is -1.01. The van der Waals surface area contributed by atoms with Crippen LogP contribution in [0, 0.1) is 0 Å². The summed E-state index contributed by atoms with van der Waals surface area (Å²) < 4.78 is 44.7. The van der Waals surface area contributed by atoms with Crippen molar-refractivity contribution in [1.82, 2.24) is 9.61 Å². The van der Waals surface area contributed by atoms with Crippen molar-refractivity contribution in [3.05, 3.63) is 48.3 Å². The van der Waals surface area contributed by atoms with E-state index in [4.69, 9.17) is 14.2 Å². The first-order valence-corrected chi connectivity index (χ1v) is 9.77. The Labute approximate surface area is 161 Å². The molecule has 0 spiro atoms. The Morgan fingerprint density at radius 1 is 1.14 bits per heavy atom. The van der Waals surface area contributed by atoms with Crippen molar-refractivity contribution in [3.8, 4) is 11.5 Å². The van der Waals surface area contributed by atoms with Crippen LogP contribution in [0.3, 0.4) is 0 Å². The molecule has 0 radical (unpaired) electrons. The maximum atomic E-state index is 12.7. The van der Waals surface area contributed by atoms with Crippen LogP contribution in [0.4, 0.5) is 5.69 Å². The average Bonchev–Trinajstić information content (AvgIpc) is 3.10. The number of pyridine rings is 1. The Morgan fingerprint density at radius 2 is 1.89 bits per heavy atom. The number of methoxy groups -OCH3 is 2. The van der Waals surface area contributed by atoms with Crippen molar-refractivity contribution in [2.75, 3.05) is 25.5 Å². The van der Waals surface area contributed by atoms with Crippen molar-refractivity contribution in [2.24, 2.45) is 0 Å². The topological polar surface area (TPSA) is 108 Å². The molecule has 28 heavy (non-hydrogen) atoms. The van der Waals surface area contributed by atoms with E-state index < -0.39 is 16.0 Å². The van der Waals surface area contributed by atoms with Crippen LogP contribution in [-0.2, 0) is 14.8 Å². The third kappa shape index (κ3) is 3.72. The van der Waals surface area contributed by atoms with Gasteiger partial charge in [-0.25, -0.2) is 17.7 Å². The lowest BCUT2D eigenvalue weighted by Crippen LogP contribution is -2.13. The summed E-state index contributed by atoms with van der Waals surface area (Å²) >= 11 is 0. The van der Waals surface area contributed by atoms with Gasteiger partial charge in [0.2, 0.25) is 0 Å². The van der Waals surface area contributed by atoms with E-state index >= 15 is 0 Å². The van der Waals surface area contributed by atoms with Crippen LogP contribution in [0.5, 0.6) is 11.5 Å². The highest BCUT2D eigenvalue weighted by atomic mass is 32.2. The van der Waals surface area contributed by atoms with Gasteiger partial charge in [-0.05, 0) is 31.2 Å². The predicted molar refractivity (Wildman–Crippen MR) is 102 cm³/mol. The molecule has 3 rings (SSSR count). The third-order valence-corrected chi connectivity index (χ3v) is 5.31. The molecule has 10 heteroatoms. The second-order valence-corrected chi connectivity index (χ2v) is 7.33. The minimum absolute atomic E-state index is 0.00384. The van der Waals surface area contributed by atoms with Gasteiger partial charge in [-0.1, -0.05) is 0 Å². The van der Waals surface area contributed by atoms with Gasteiger partial charge >= 0.3 is 5.97 Å². The van der Waals surface area contributed by atoms with E-state index in [1.54, 1.807) is 13.1 Å². The Morgan fingerprint density at radius 3 is 2.57 bits per heavy atom. The Bertz CT molecular complexity index is 1120. The van der Waals surface area contributed by atoms with E-state index in [0.29, 0.717) is 17.0 Å². The molecule has 0 unspecified atom stereocenters. The van der Waals surface area contributed by atoms with Gasteiger partial charge in [0.1, 0.15) is 5.56 Å². The molecule has 0 aliphatic rings. The van der Waals surface area contributed by atoms with E-state index in [2.05, 4.69) is 9.82 Å². The van der Waals surface area contributed by atoms with Crippen molar-refractivity contribution in [1.29, 1.82) is 0 Å². The van der Waals surface area contributed by atoms with Crippen LogP contribution in [0.15, 0.2) is 47.6 Å². The second kappa shape index (κ2) is 7.77. The highest BCUT2D eigenvalue weighted by molar-refractivity contribution is 7.92. The monoisotopic (exact) mass is 405 g/mol. The number of rotatable bonds is 7. The Kier molecular flexibility index (Phi) is 5.41. The number of aromatic nitrogens is 2. The number of carbonyl (C=O) groups excluding carboxylic acids is 1. The summed E-state index contributed by atoms with van der Waals surface area (Å²) in [5, 5.41) is 4.07. The van der Waals surface area contributed by atoms with Gasteiger partial charge in [0.25, 0.3) is 10.0 Å². The van der Waals surface area contributed by atoms with Gasteiger partial charge in [0.15, 0.2) is 11.5 Å². The fourth-order valence-electron chi connectivity index (χ4n) is 2.61. The summed E-state index contributed by atoms with van der Waals surface area (Å²) in [4.78, 5) is 12.0. The first-order valence-electron chi connectivity index (χ1n) is 8.29. The molecular formula is C18H19N3O6S. The number of benzene rings is 1. The molecule has 0 saturated carbocycles. The summed E-state index contributed by atoms with van der Waals surface area (Å²) in [5.74, 6) is 0.180. The van der Waals surface area contributed by atoms with Gasteiger partial charge in [-0.15, -0.1) is 0 Å². The lowest BCUT2D eigenvalue weighted by atomic mass is 10.2. The molecule has 9 nitrogen and oxygen atoms in total. The molecule has 0 saturated heterocycles. The number of sulfonamides is 1. The molecule has 0 aliphatic heterocycles. The highest BCUT2D eigenvalue weighted by Gasteiger charge is 2.19. The number of hydrogen-bond acceptors (Lipinski definition) is 7. The fourth-order valence-corrected chi connectivity index (χ4v) is 3.67. The number of fused-ring (bicyclic) bond motifs is 1. The van der Waals surface area contributed by atoms with Gasteiger partial charge in [0, 0.05) is 12.3 Å². The zero-order valence-electron chi connectivity index (χ0n) is 15.5. The molecular weight excluding hydrogens is 386 g/mol. The molecule has 2 heterocycles. The van der Waals surface area contributed by atoms with Crippen molar-refractivity contribution in [3.63, 3.8) is 0 Å². The first kappa shape index (κ1) is 19.5. The first-order chi connectivity index (χ1) is 13.4. The van der Waals surface area contributed by atoms with Crippen LogP contribution in [0.1, 0.15) is 17.3 Å². The van der Waals surface area contributed by atoms with E-state index in [1.807, 2.05) is 0 Å². The molecule has 3 aromatic rings. The molecule has 0 atom stereocenters. The zero-order valence-corrected chi connectivity index (χ0v) is 16.3. The largest absolute Gasteiger partial charge is 0.493 e. The number of anilines is 1. The predicted octanol–water partition coefficient (Wildman–Crippen LogP) is 2.33. The number of nitrogens with zero attached hydrogens (tertiary/aromatic N) is 2. The molecule has 1 N–H and O–H groups in total. The standard InChI is InChI=1S/C18H19N3O6S/c1-4-27-18(22)14-11-19-21-8-7-12(9-15(14)21)20-28(23,24)13-5-6-16(25-2)17(10-13)26-3/h5-11,20H,4H2,1-3H3. The van der Waals surface area contributed by atoms with Crippen LogP contribution >= 0.6 is 0 Å². The molecule has 0 aliphatic carbocycles. The minimum Gasteiger partial charge on any atom is -0.493 e. The Hall–Kier alpha value is -3.27. The normalized spacial score (nSPS) is 11.2. The summed E-state index contributed by atoms with van der Waals surface area (Å²) in [5.41, 5.74) is 0.938. The van der Waals surface area contributed by atoms with Gasteiger partial charge in [0.05, 0.1) is 43.1 Å². The van der Waals surface area contributed by atoms with E-state index in [9.17, 15) is 13.2 Å². The number of esters is 1. The van der Waals surface area contributed by atoms with Crippen molar-refractivity contribution < 1.29 is 27.4 Å². The molecule has 1 aromatic carbocycles. The number of ether oxygens (including phenoxy) is 3. The molecule has 148 valence electrons. The smallest absolute Gasteiger partial charge is 0.341 e. The van der Waals surface area contributed by atoms with Crippen LogP contribution in [0.25, 0.3) is 5.52 Å². The average molecular weight is 405 g/mol. The number of hydrogen-bond donors (Lipinski definition) is 1. The summed E-state index contributed by atoms with van der Waals surface area (Å²) in [6, 6.07) is 7.32. The van der Waals surface area contributed by atoms with Crippen LogP contribution in [-0.4, -0.2) is 44.8 Å². The van der Waals surface area contributed by atoms with Gasteiger partial charge in [-0.3, -0.25) is 4.72 Å². The van der Waals surface area contributed by atoms with Gasteiger partial charge in [-0.2, -0.15) is 5.10 Å². The summed E-state index contributed by atoms with van der Waals surface area (Å²) in [6.45, 7) is 1.92. The molecule has 0 fully saturated rings. The maximum absolute atomic E-state index is 12.7. The minimum atomic E-state index is -3.90. The van der Waals surface area contributed by atoms with E-state index in [0.717, 1.165) is 0 Å². The fraction of sp³-hybridized carbons (Fsp3) is 0.222. The lowest BCUT2D eigenvalue weighted by Gasteiger charge is -2.12. The van der Waals surface area contributed by atoms with Gasteiger partial charge < -0.3 is 14.2 Å². The molecule has 2 aromatic heterocycles. The van der Waals surface area contributed by atoms with Crippen molar-refractivity contribution in [2.45, 2.75) is 11.8 Å². The highest BCUT2D eigenvalue weighted by Crippen LogP contribution is 2.30. The second-order valence-electron chi connectivity index (χ2n) is 5.65. The summed E-state index contributed by atoms with van der Waals surface area (Å²) in [6.07, 6.45) is 2.92. The quantitative estimate of drug-likeness (QED) is 0.601. The van der Waals surface area contributed by atoms with E-state index in [-0.39, 0.29) is 22.8 Å². The number of carbonyl (C=O) groups is 1. The SMILES string of the molecule is CCOC(=O)c1cnn2ccc(NS(=O)(=O)c3ccc(OC)c(OC)c3)cc12. The van der Waals surface area contributed by atoms with E-state index in [1.165, 1.54) is 55.3 Å². The van der Waals surface area contributed by atoms with Crippen LogP contribution in [0.2, 0.25) is 0 Å². The maximum Gasteiger partial charge on any atom is 0.341 e.